The minimum Gasteiger partial charge on any atom is -0.507 e. The van der Waals surface area contributed by atoms with Crippen LogP contribution < -0.4 is 10.5 Å². The van der Waals surface area contributed by atoms with Crippen molar-refractivity contribution in [2.24, 2.45) is 11.7 Å². The van der Waals surface area contributed by atoms with Gasteiger partial charge in [-0.25, -0.2) is 0 Å². The summed E-state index contributed by atoms with van der Waals surface area (Å²) < 4.78 is 17.6. The molecule has 1 aromatic rings. The third-order valence-corrected chi connectivity index (χ3v) is 8.61. The first-order chi connectivity index (χ1) is 18.4. The van der Waals surface area contributed by atoms with Crippen LogP contribution in [0.5, 0.6) is 5.75 Å². The van der Waals surface area contributed by atoms with Gasteiger partial charge in [-0.3, -0.25) is 9.59 Å². The Hall–Kier alpha value is -2.60. The second kappa shape index (κ2) is 10.1. The lowest BCUT2D eigenvalue weighted by Crippen LogP contribution is -2.51. The van der Waals surface area contributed by atoms with Crippen LogP contribution in [0.2, 0.25) is 0 Å². The number of carbonyl (C=O) groups excluding carboxylic acids is 2. The van der Waals surface area contributed by atoms with E-state index in [2.05, 4.69) is 0 Å². The molecule has 0 saturated carbocycles. The highest BCUT2D eigenvalue weighted by Gasteiger charge is 2.56. The predicted octanol–water partition coefficient (Wildman–Crippen LogP) is 1.64. The molecule has 1 aromatic carbocycles. The lowest BCUT2D eigenvalue weighted by Gasteiger charge is -2.43. The van der Waals surface area contributed by atoms with Gasteiger partial charge in [0.05, 0.1) is 48.6 Å². The van der Waals surface area contributed by atoms with Crippen LogP contribution in [0.3, 0.4) is 0 Å². The number of nitrogens with two attached hydrogens (primary N) is 1. The topological polar surface area (TPSA) is 169 Å². The number of benzene rings is 1. The summed E-state index contributed by atoms with van der Waals surface area (Å²) in [7, 11) is 1.43. The highest BCUT2D eigenvalue weighted by molar-refractivity contribution is 6.15. The molecule has 212 valence electrons. The molecule has 3 aliphatic carbocycles. The summed E-state index contributed by atoms with van der Waals surface area (Å²) in [5, 5.41) is 45.1. The molecule has 0 aromatic heterocycles. The molecule has 0 amide bonds. The Morgan fingerprint density at radius 3 is 2.62 bits per heavy atom. The molecule has 1 fully saturated rings. The van der Waals surface area contributed by atoms with Crippen molar-refractivity contribution in [3.05, 3.63) is 51.8 Å². The fraction of sp³-hybridized carbons (Fsp3) is 0.586. The Labute approximate surface area is 227 Å². The van der Waals surface area contributed by atoms with Crippen molar-refractivity contribution in [1.82, 2.24) is 0 Å². The van der Waals surface area contributed by atoms with Crippen LogP contribution in [0, 0.1) is 5.92 Å². The van der Waals surface area contributed by atoms with Gasteiger partial charge < -0.3 is 40.4 Å². The fourth-order valence-corrected chi connectivity index (χ4v) is 6.55. The van der Waals surface area contributed by atoms with E-state index in [9.17, 15) is 30.0 Å². The highest BCUT2D eigenvalue weighted by atomic mass is 16.7. The van der Waals surface area contributed by atoms with Crippen molar-refractivity contribution in [2.45, 2.75) is 88.1 Å². The maximum Gasteiger partial charge on any atom is 0.177 e. The van der Waals surface area contributed by atoms with E-state index in [-0.39, 0.29) is 60.5 Å². The van der Waals surface area contributed by atoms with Crippen molar-refractivity contribution in [3.63, 3.8) is 0 Å². The molecule has 1 saturated heterocycles. The molecule has 0 spiro atoms. The van der Waals surface area contributed by atoms with Gasteiger partial charge >= 0.3 is 0 Å². The normalized spacial score (nSPS) is 37.4. The van der Waals surface area contributed by atoms with E-state index in [1.807, 2.05) is 0 Å². The average Bonchev–Trinajstić information content (AvgIpc) is 3.17. The standard InChI is InChI=1S/C29H37NO9/c1-28(35)10-9-15-24(20(12-28)39-21-8-7-16(30)18(32)13-38-21)29(2,36)25-23(26(15)33)17(31)11-14-5-4-6-19(37-3)22(14)27(25)34/h4-6,16,18,20-21,25,32-33,35-36H,7-13,30H2,1-3H3/t16-,18+,20-,21?,25?,28-,29?/m0/s1. The maximum absolute atomic E-state index is 14.1. The Balaban J connectivity index is 1.63. The van der Waals surface area contributed by atoms with Crippen molar-refractivity contribution >= 4 is 11.6 Å². The summed E-state index contributed by atoms with van der Waals surface area (Å²) >= 11 is 0. The summed E-state index contributed by atoms with van der Waals surface area (Å²) in [6.45, 7) is 3.05. The highest BCUT2D eigenvalue weighted by Crippen LogP contribution is 2.51. The molecule has 6 N–H and O–H groups in total. The van der Waals surface area contributed by atoms with Crippen LogP contribution in [0.15, 0.2) is 40.7 Å². The predicted molar refractivity (Wildman–Crippen MR) is 139 cm³/mol. The van der Waals surface area contributed by atoms with Gasteiger partial charge in [-0.2, -0.15) is 0 Å². The number of aliphatic hydroxyl groups excluding tert-OH is 2. The number of ketones is 2. The third-order valence-electron chi connectivity index (χ3n) is 8.61. The Bertz CT molecular complexity index is 1240. The van der Waals surface area contributed by atoms with Gasteiger partial charge in [-0.1, -0.05) is 12.1 Å². The Morgan fingerprint density at radius 2 is 1.90 bits per heavy atom. The van der Waals surface area contributed by atoms with E-state index >= 15 is 0 Å². The first-order valence-electron chi connectivity index (χ1n) is 13.4. The van der Waals surface area contributed by atoms with Crippen LogP contribution in [0.4, 0.5) is 0 Å². The number of carbonyl (C=O) groups is 2. The number of hydrogen-bond acceptors (Lipinski definition) is 10. The van der Waals surface area contributed by atoms with Gasteiger partial charge in [0.2, 0.25) is 0 Å². The van der Waals surface area contributed by atoms with Crippen LogP contribution >= 0.6 is 0 Å². The van der Waals surface area contributed by atoms with Gasteiger partial charge in [0.15, 0.2) is 17.9 Å². The number of fused-ring (bicyclic) bond motifs is 2. The van der Waals surface area contributed by atoms with Crippen molar-refractivity contribution in [2.75, 3.05) is 13.7 Å². The van der Waals surface area contributed by atoms with Crippen molar-refractivity contribution in [3.8, 4) is 5.75 Å². The summed E-state index contributed by atoms with van der Waals surface area (Å²) in [6, 6.07) is 4.49. The lowest BCUT2D eigenvalue weighted by molar-refractivity contribution is -0.183. The average molecular weight is 544 g/mol. The summed E-state index contributed by atoms with van der Waals surface area (Å²) in [5.74, 6) is -2.49. The molecule has 4 aliphatic rings. The molecule has 10 heteroatoms. The summed E-state index contributed by atoms with van der Waals surface area (Å²) in [4.78, 5) is 27.7. The molecule has 0 radical (unpaired) electrons. The van der Waals surface area contributed by atoms with Gasteiger partial charge in [0, 0.05) is 18.9 Å². The molecular weight excluding hydrogens is 506 g/mol. The minimum atomic E-state index is -1.95. The second-order valence-corrected chi connectivity index (χ2v) is 11.6. The zero-order chi connectivity index (χ0) is 28.3. The van der Waals surface area contributed by atoms with Crippen molar-refractivity contribution < 1.29 is 44.2 Å². The number of Topliss-reactive ketones (excluding diaryl/α,β-unsaturated/α-hetero) is 2. The van der Waals surface area contributed by atoms with Crippen LogP contribution in [-0.4, -0.2) is 81.5 Å². The molecule has 7 atom stereocenters. The minimum absolute atomic E-state index is 0.0429. The van der Waals surface area contributed by atoms with Gasteiger partial charge in [-0.05, 0) is 62.3 Å². The van der Waals surface area contributed by atoms with Crippen LogP contribution in [0.25, 0.3) is 0 Å². The molecule has 39 heavy (non-hydrogen) atoms. The first kappa shape index (κ1) is 27.9. The lowest BCUT2D eigenvalue weighted by atomic mass is 9.66. The zero-order valence-corrected chi connectivity index (χ0v) is 22.5. The number of aliphatic hydroxyl groups is 4. The van der Waals surface area contributed by atoms with Crippen molar-refractivity contribution in [1.29, 1.82) is 0 Å². The smallest absolute Gasteiger partial charge is 0.177 e. The maximum atomic E-state index is 14.1. The monoisotopic (exact) mass is 543 g/mol. The zero-order valence-electron chi connectivity index (χ0n) is 22.5. The van der Waals surface area contributed by atoms with E-state index in [0.717, 1.165) is 0 Å². The quantitative estimate of drug-likeness (QED) is 0.378. The molecule has 1 heterocycles. The van der Waals surface area contributed by atoms with E-state index in [4.69, 9.17) is 19.9 Å². The van der Waals surface area contributed by atoms with Gasteiger partial charge in [-0.15, -0.1) is 0 Å². The number of methoxy groups -OCH3 is 1. The second-order valence-electron chi connectivity index (χ2n) is 11.6. The molecule has 3 unspecified atom stereocenters. The Morgan fingerprint density at radius 1 is 1.15 bits per heavy atom. The Kier molecular flexibility index (Phi) is 7.24. The SMILES string of the molecule is COc1cccc2c1C(=O)C1C(=C(O)C3=C([C@@H](OC4CC[C@H](N)[C@H](O)CO4)C[C@@](C)(O)CC3)C1(C)O)C(=O)C2. The number of rotatable bonds is 3. The first-order valence-corrected chi connectivity index (χ1v) is 13.4. The summed E-state index contributed by atoms with van der Waals surface area (Å²) in [6.07, 6.45) is -1.53. The third kappa shape index (κ3) is 4.83. The fourth-order valence-electron chi connectivity index (χ4n) is 6.55. The molecule has 1 aliphatic heterocycles. The number of hydrogen-bond donors (Lipinski definition) is 5. The van der Waals surface area contributed by atoms with Gasteiger partial charge in [0.1, 0.15) is 17.1 Å². The molecule has 10 nitrogen and oxygen atoms in total. The largest absolute Gasteiger partial charge is 0.507 e. The van der Waals surface area contributed by atoms with Gasteiger partial charge in [0.25, 0.3) is 0 Å². The number of allylic oxidation sites excluding steroid dienone is 1. The van der Waals surface area contributed by atoms with E-state index < -0.39 is 53.2 Å². The molecule has 5 rings (SSSR count). The van der Waals surface area contributed by atoms with E-state index in [0.29, 0.717) is 24.0 Å². The molecular formula is C29H37NO9. The van der Waals surface area contributed by atoms with E-state index in [1.54, 1.807) is 25.1 Å². The van der Waals surface area contributed by atoms with E-state index in [1.165, 1.54) is 14.0 Å². The summed E-state index contributed by atoms with van der Waals surface area (Å²) in [5.41, 5.74) is 3.85. The van der Waals surface area contributed by atoms with Crippen LogP contribution in [0.1, 0.15) is 61.9 Å². The van der Waals surface area contributed by atoms with Crippen LogP contribution in [-0.2, 0) is 20.7 Å². The molecule has 0 bridgehead atoms. The number of ether oxygens (including phenoxy) is 3.